The van der Waals surface area contributed by atoms with Crippen molar-refractivity contribution in [3.8, 4) is 0 Å². The Morgan fingerprint density at radius 1 is 1.21 bits per heavy atom. The van der Waals surface area contributed by atoms with Crippen LogP contribution in [0.3, 0.4) is 0 Å². The summed E-state index contributed by atoms with van der Waals surface area (Å²) in [6.07, 6.45) is 14.1. The number of carbonyl (C=O) groups excluding carboxylic acids is 1. The molecule has 1 fully saturated rings. The molecule has 104 valence electrons. The largest absolute Gasteiger partial charge is 0.353 e. The number of allylic oxidation sites excluding steroid dienone is 5. The van der Waals surface area contributed by atoms with Gasteiger partial charge in [0.25, 0.3) is 0 Å². The molecule has 0 aromatic carbocycles. The van der Waals surface area contributed by atoms with Gasteiger partial charge in [0, 0.05) is 6.04 Å². The molecule has 1 rings (SSSR count). The van der Waals surface area contributed by atoms with E-state index in [-0.39, 0.29) is 5.91 Å². The highest BCUT2D eigenvalue weighted by molar-refractivity contribution is 5.79. The zero-order chi connectivity index (χ0) is 14.1. The van der Waals surface area contributed by atoms with Crippen LogP contribution in [0.25, 0.3) is 0 Å². The average molecular weight is 259 g/mol. The van der Waals surface area contributed by atoms with Gasteiger partial charge < -0.3 is 5.32 Å². The van der Waals surface area contributed by atoms with Crippen molar-refractivity contribution in [2.45, 2.75) is 45.1 Å². The molecule has 1 amide bonds. The fourth-order valence-corrected chi connectivity index (χ4v) is 2.33. The van der Waals surface area contributed by atoms with Crippen molar-refractivity contribution in [2.75, 3.05) is 0 Å². The zero-order valence-corrected chi connectivity index (χ0v) is 11.9. The number of amides is 1. The maximum absolute atomic E-state index is 12.0. The third-order valence-corrected chi connectivity index (χ3v) is 3.57. The van der Waals surface area contributed by atoms with Gasteiger partial charge in [-0.2, -0.15) is 0 Å². The lowest BCUT2D eigenvalue weighted by Crippen LogP contribution is -2.37. The molecule has 0 bridgehead atoms. The van der Waals surface area contributed by atoms with Crippen LogP contribution in [-0.2, 0) is 4.79 Å². The van der Waals surface area contributed by atoms with Gasteiger partial charge in [-0.05, 0) is 37.2 Å². The van der Waals surface area contributed by atoms with E-state index in [1.807, 2.05) is 18.2 Å². The van der Waals surface area contributed by atoms with Crippen molar-refractivity contribution < 1.29 is 4.79 Å². The summed E-state index contributed by atoms with van der Waals surface area (Å²) < 4.78 is 0. The lowest BCUT2D eigenvalue weighted by molar-refractivity contribution is -0.121. The predicted molar refractivity (Wildman–Crippen MR) is 81.8 cm³/mol. The summed E-state index contributed by atoms with van der Waals surface area (Å²) in [5.41, 5.74) is 0.930. The van der Waals surface area contributed by atoms with E-state index in [9.17, 15) is 4.79 Å². The first-order valence-electron chi connectivity index (χ1n) is 7.05. The quantitative estimate of drug-likeness (QED) is 0.720. The third kappa shape index (κ3) is 6.23. The zero-order valence-electron chi connectivity index (χ0n) is 11.9. The molecule has 19 heavy (non-hydrogen) atoms. The van der Waals surface area contributed by atoms with Crippen molar-refractivity contribution in [2.24, 2.45) is 5.92 Å². The Morgan fingerprint density at radius 2 is 1.89 bits per heavy atom. The van der Waals surface area contributed by atoms with E-state index in [1.165, 1.54) is 12.8 Å². The maximum atomic E-state index is 12.0. The molecule has 0 saturated heterocycles. The second kappa shape index (κ2) is 8.52. The van der Waals surface area contributed by atoms with Gasteiger partial charge in [-0.15, -0.1) is 0 Å². The van der Waals surface area contributed by atoms with E-state index in [2.05, 4.69) is 25.4 Å². The second-order valence-electron chi connectivity index (χ2n) is 5.27. The number of hydrogen-bond acceptors (Lipinski definition) is 1. The molecule has 0 radical (unpaired) electrons. The summed E-state index contributed by atoms with van der Waals surface area (Å²) in [7, 11) is 0. The molecule has 0 heterocycles. The third-order valence-electron chi connectivity index (χ3n) is 3.57. The van der Waals surface area contributed by atoms with Crippen LogP contribution in [0, 0.1) is 5.92 Å². The molecule has 2 nitrogen and oxygen atoms in total. The molecule has 0 aliphatic heterocycles. The number of nitrogens with one attached hydrogen (secondary N) is 1. The predicted octanol–water partition coefficient (Wildman–Crippen LogP) is 3.93. The van der Waals surface area contributed by atoms with Crippen LogP contribution in [0.2, 0.25) is 0 Å². The first-order valence-corrected chi connectivity index (χ1v) is 7.05. The number of hydrogen-bond donors (Lipinski definition) is 1. The van der Waals surface area contributed by atoms with Gasteiger partial charge in [-0.1, -0.05) is 50.5 Å². The van der Waals surface area contributed by atoms with Crippen LogP contribution >= 0.6 is 0 Å². The van der Waals surface area contributed by atoms with E-state index in [4.69, 9.17) is 0 Å². The highest BCUT2D eigenvalue weighted by Gasteiger charge is 2.19. The van der Waals surface area contributed by atoms with Gasteiger partial charge in [-0.3, -0.25) is 4.79 Å². The lowest BCUT2D eigenvalue weighted by atomic mass is 9.87. The van der Waals surface area contributed by atoms with Crippen molar-refractivity contribution >= 4 is 5.91 Å². The van der Waals surface area contributed by atoms with Gasteiger partial charge in [0.05, 0.1) is 6.42 Å². The highest BCUT2D eigenvalue weighted by Crippen LogP contribution is 2.23. The molecule has 0 aromatic rings. The monoisotopic (exact) mass is 259 g/mol. The molecule has 1 aliphatic rings. The van der Waals surface area contributed by atoms with Crippen molar-refractivity contribution in [1.82, 2.24) is 5.32 Å². The van der Waals surface area contributed by atoms with Crippen molar-refractivity contribution in [3.05, 3.63) is 49.1 Å². The van der Waals surface area contributed by atoms with Gasteiger partial charge in [-0.25, -0.2) is 0 Å². The minimum atomic E-state index is 0.0951. The Labute approximate surface area is 117 Å². The molecule has 1 aliphatic carbocycles. The standard InChI is InChI=1S/C17H25NO/c1-4-6-7-8-15(5-2)13-17(19)18-16-11-9-14(3)10-12-16/h4-8,14,16H,1-2,9-13H2,3H3,(H,18,19). The number of rotatable bonds is 6. The Hall–Kier alpha value is -1.57. The molecular formula is C17H25NO. The van der Waals surface area contributed by atoms with Crippen LogP contribution < -0.4 is 5.32 Å². The molecular weight excluding hydrogens is 234 g/mol. The van der Waals surface area contributed by atoms with E-state index < -0.39 is 0 Å². The van der Waals surface area contributed by atoms with Crippen molar-refractivity contribution in [3.63, 3.8) is 0 Å². The van der Waals surface area contributed by atoms with Crippen LogP contribution in [0.1, 0.15) is 39.0 Å². The smallest absolute Gasteiger partial charge is 0.224 e. The summed E-state index contributed by atoms with van der Waals surface area (Å²) in [5, 5.41) is 3.12. The Morgan fingerprint density at radius 3 is 2.47 bits per heavy atom. The fourth-order valence-electron chi connectivity index (χ4n) is 2.33. The molecule has 0 aromatic heterocycles. The van der Waals surface area contributed by atoms with Gasteiger partial charge >= 0.3 is 0 Å². The fraction of sp³-hybridized carbons (Fsp3) is 0.471. The summed E-state index contributed by atoms with van der Waals surface area (Å²) >= 11 is 0. The minimum Gasteiger partial charge on any atom is -0.353 e. The van der Waals surface area contributed by atoms with Crippen LogP contribution in [0.4, 0.5) is 0 Å². The van der Waals surface area contributed by atoms with Crippen molar-refractivity contribution in [1.29, 1.82) is 0 Å². The molecule has 0 spiro atoms. The Kier molecular flexibility index (Phi) is 6.94. The topological polar surface area (TPSA) is 29.1 Å². The Balaban J connectivity index is 2.40. The summed E-state index contributed by atoms with van der Waals surface area (Å²) in [6, 6.07) is 0.360. The van der Waals surface area contributed by atoms with E-state index >= 15 is 0 Å². The van der Waals surface area contributed by atoms with Crippen LogP contribution in [0.15, 0.2) is 49.1 Å². The lowest BCUT2D eigenvalue weighted by Gasteiger charge is -2.26. The van der Waals surface area contributed by atoms with Crippen LogP contribution in [-0.4, -0.2) is 11.9 Å². The summed E-state index contributed by atoms with van der Waals surface area (Å²) in [5.74, 6) is 0.901. The maximum Gasteiger partial charge on any atom is 0.224 e. The van der Waals surface area contributed by atoms with E-state index in [1.54, 1.807) is 12.2 Å². The summed E-state index contributed by atoms with van der Waals surface area (Å²) in [4.78, 5) is 12.0. The molecule has 0 unspecified atom stereocenters. The van der Waals surface area contributed by atoms with E-state index in [0.29, 0.717) is 12.5 Å². The van der Waals surface area contributed by atoms with Gasteiger partial charge in [0.1, 0.15) is 0 Å². The van der Waals surface area contributed by atoms with Gasteiger partial charge in [0.15, 0.2) is 0 Å². The molecule has 1 N–H and O–H groups in total. The number of carbonyl (C=O) groups is 1. The summed E-state index contributed by atoms with van der Waals surface area (Å²) in [6.45, 7) is 9.63. The molecule has 0 atom stereocenters. The average Bonchev–Trinajstić information content (AvgIpc) is 2.40. The van der Waals surface area contributed by atoms with Crippen LogP contribution in [0.5, 0.6) is 0 Å². The Bertz CT molecular complexity index is 371. The normalized spacial score (nSPS) is 24.2. The van der Waals surface area contributed by atoms with Gasteiger partial charge in [0.2, 0.25) is 5.91 Å². The minimum absolute atomic E-state index is 0.0951. The van der Waals surface area contributed by atoms with E-state index in [0.717, 1.165) is 24.3 Å². The SMILES string of the molecule is C=CC=CC=C(C=C)CC(=O)NC1CCC(C)CC1. The second-order valence-corrected chi connectivity index (χ2v) is 5.27. The first-order chi connectivity index (χ1) is 9.15. The highest BCUT2D eigenvalue weighted by atomic mass is 16.1. The first kappa shape index (κ1) is 15.5. The molecule has 2 heteroatoms. The molecule has 1 saturated carbocycles.